The zero-order valence-corrected chi connectivity index (χ0v) is 29.9. The van der Waals surface area contributed by atoms with E-state index in [9.17, 15) is 9.59 Å². The smallest absolute Gasteiger partial charge is 0.444 e. The van der Waals surface area contributed by atoms with E-state index in [0.29, 0.717) is 35.4 Å². The van der Waals surface area contributed by atoms with Crippen LogP contribution < -0.4 is 0 Å². The van der Waals surface area contributed by atoms with Crippen LogP contribution in [0.3, 0.4) is 0 Å². The molecule has 4 heterocycles. The van der Waals surface area contributed by atoms with Crippen LogP contribution in [0.4, 0.5) is 9.59 Å². The summed E-state index contributed by atoms with van der Waals surface area (Å²) in [7, 11) is -0.138. The summed E-state index contributed by atoms with van der Waals surface area (Å²) in [5.74, 6) is 3.00. The van der Waals surface area contributed by atoms with Gasteiger partial charge in [0.05, 0.1) is 11.2 Å². The third kappa shape index (κ3) is 7.32. The Balaban J connectivity index is 0.000000178. The molecule has 0 N–H and O–H groups in total. The highest BCUT2D eigenvalue weighted by atomic mass is 16.7. The molecule has 3 saturated heterocycles. The SMILES string of the molecule is CC(C)(C)OC(=O)N1C[C@@H]2C(B3OC(C)(C)C(C)(C)O3)[C@@H]2C1.CC(C)(C)OC(=O)N1C[C@@H]2C(c3cccc(C(C)(C)C)n3)[C@@H]2C1. The first-order valence-electron chi connectivity index (χ1n) is 16.8. The predicted octanol–water partition coefficient (Wildman–Crippen LogP) is 6.90. The molecule has 2 amide bonds. The monoisotopic (exact) mass is 625 g/mol. The maximum atomic E-state index is 12.1. The van der Waals surface area contributed by atoms with Crippen LogP contribution in [0.1, 0.15) is 107 Å². The molecule has 10 heteroatoms. The zero-order valence-electron chi connectivity index (χ0n) is 29.9. The van der Waals surface area contributed by atoms with E-state index in [1.165, 1.54) is 5.69 Å². The van der Waals surface area contributed by atoms with Gasteiger partial charge in [-0.1, -0.05) is 26.8 Å². The fourth-order valence-corrected chi connectivity index (χ4v) is 6.99. The third-order valence-corrected chi connectivity index (χ3v) is 10.2. The minimum absolute atomic E-state index is 0.0720. The van der Waals surface area contributed by atoms with Gasteiger partial charge in [0.15, 0.2) is 0 Å². The molecule has 5 fully saturated rings. The fraction of sp³-hybridized carbons (Fsp3) is 0.800. The van der Waals surface area contributed by atoms with Crippen molar-refractivity contribution in [2.45, 2.75) is 130 Å². The highest BCUT2D eigenvalue weighted by Crippen LogP contribution is 2.61. The number of fused-ring (bicyclic) bond motifs is 2. The summed E-state index contributed by atoms with van der Waals surface area (Å²) in [6.07, 6.45) is -0.382. The quantitative estimate of drug-likeness (QED) is 0.330. The minimum atomic E-state index is -0.436. The molecule has 1 aromatic rings. The van der Waals surface area contributed by atoms with Crippen molar-refractivity contribution in [3.05, 3.63) is 29.6 Å². The molecule has 2 aliphatic carbocycles. The Morgan fingerprint density at radius 2 is 1.18 bits per heavy atom. The molecule has 250 valence electrons. The number of carbonyl (C=O) groups is 2. The normalized spacial score (nSPS) is 31.1. The number of carbonyl (C=O) groups excluding carboxylic acids is 2. The van der Waals surface area contributed by atoms with Gasteiger partial charge in [-0.05, 0) is 105 Å². The van der Waals surface area contributed by atoms with E-state index >= 15 is 0 Å². The lowest BCUT2D eigenvalue weighted by Gasteiger charge is -2.32. The Morgan fingerprint density at radius 3 is 1.58 bits per heavy atom. The number of piperidine rings is 2. The number of hydrogen-bond acceptors (Lipinski definition) is 7. The molecule has 0 bridgehead atoms. The van der Waals surface area contributed by atoms with Crippen LogP contribution in [-0.4, -0.2) is 82.7 Å². The van der Waals surface area contributed by atoms with Crippen LogP contribution in [0.5, 0.6) is 0 Å². The van der Waals surface area contributed by atoms with Crippen molar-refractivity contribution in [1.82, 2.24) is 14.8 Å². The second-order valence-corrected chi connectivity index (χ2v) is 17.9. The summed E-state index contributed by atoms with van der Waals surface area (Å²) in [4.78, 5) is 32.8. The number of rotatable bonds is 2. The molecule has 5 aliphatic rings. The van der Waals surface area contributed by atoms with E-state index < -0.39 is 11.2 Å². The lowest BCUT2D eigenvalue weighted by atomic mass is 9.79. The van der Waals surface area contributed by atoms with Gasteiger partial charge in [-0.15, -0.1) is 0 Å². The summed E-state index contributed by atoms with van der Waals surface area (Å²) in [5, 5.41) is 0. The van der Waals surface area contributed by atoms with Crippen molar-refractivity contribution in [3.8, 4) is 0 Å². The van der Waals surface area contributed by atoms with Crippen molar-refractivity contribution >= 4 is 19.3 Å². The summed E-state index contributed by atoms with van der Waals surface area (Å²) >= 11 is 0. The molecule has 6 atom stereocenters. The highest BCUT2D eigenvalue weighted by molar-refractivity contribution is 6.49. The van der Waals surface area contributed by atoms with Crippen LogP contribution in [0.2, 0.25) is 5.82 Å². The first-order chi connectivity index (χ1) is 20.5. The molecular formula is C35H56BN3O6. The van der Waals surface area contributed by atoms with E-state index in [0.717, 1.165) is 31.9 Å². The van der Waals surface area contributed by atoms with Gasteiger partial charge < -0.3 is 28.6 Å². The Morgan fingerprint density at radius 1 is 0.756 bits per heavy atom. The van der Waals surface area contributed by atoms with Gasteiger partial charge in [0.1, 0.15) is 11.2 Å². The summed E-state index contributed by atoms with van der Waals surface area (Å²) in [6, 6.07) is 6.35. The number of aromatic nitrogens is 1. The maximum Gasteiger partial charge on any atom is 0.461 e. The molecule has 1 aromatic heterocycles. The van der Waals surface area contributed by atoms with Crippen LogP contribution in [0.15, 0.2) is 18.2 Å². The van der Waals surface area contributed by atoms with Gasteiger partial charge in [0.2, 0.25) is 0 Å². The number of ether oxygens (including phenoxy) is 2. The van der Waals surface area contributed by atoms with Gasteiger partial charge in [0.25, 0.3) is 0 Å². The largest absolute Gasteiger partial charge is 0.461 e. The predicted molar refractivity (Wildman–Crippen MR) is 175 cm³/mol. The van der Waals surface area contributed by atoms with Crippen LogP contribution in [-0.2, 0) is 24.2 Å². The van der Waals surface area contributed by atoms with Crippen molar-refractivity contribution in [3.63, 3.8) is 0 Å². The molecular weight excluding hydrogens is 569 g/mol. The zero-order chi connectivity index (χ0) is 33.5. The minimum Gasteiger partial charge on any atom is -0.444 e. The molecule has 0 spiro atoms. The molecule has 6 rings (SSSR count). The molecule has 2 saturated carbocycles. The number of pyridine rings is 1. The topological polar surface area (TPSA) is 90.4 Å². The molecule has 2 unspecified atom stereocenters. The second-order valence-electron chi connectivity index (χ2n) is 17.9. The van der Waals surface area contributed by atoms with E-state index in [-0.39, 0.29) is 35.9 Å². The lowest BCUT2D eigenvalue weighted by molar-refractivity contribution is 0.00578. The standard InChI is InChI=1S/C19H28N2O2.C16H28BNO4/c1-18(2,3)15-9-7-8-14(20-15)16-12-10-21(11-13(12)16)17(22)23-19(4,5)6;1-14(2,3)20-13(19)18-8-10-11(9-18)12(10)17-21-15(4,5)16(6,7)22-17/h7-9,12-13,16H,10-11H2,1-6H3;10-12H,8-9H2,1-7H3/t12-,13+,16?;10-,11+,12?. The Kier molecular flexibility index (Phi) is 8.42. The molecule has 0 radical (unpaired) electrons. The van der Waals surface area contributed by atoms with Gasteiger partial charge in [-0.2, -0.15) is 0 Å². The number of likely N-dealkylation sites (tertiary alicyclic amines) is 2. The molecule has 3 aliphatic heterocycles. The van der Waals surface area contributed by atoms with Crippen LogP contribution in [0, 0.1) is 23.7 Å². The van der Waals surface area contributed by atoms with Gasteiger partial charge in [-0.25, -0.2) is 9.59 Å². The first kappa shape index (κ1) is 34.0. The van der Waals surface area contributed by atoms with E-state index in [4.69, 9.17) is 23.8 Å². The Labute approximate surface area is 271 Å². The third-order valence-electron chi connectivity index (χ3n) is 10.2. The van der Waals surface area contributed by atoms with Gasteiger partial charge >= 0.3 is 19.3 Å². The lowest BCUT2D eigenvalue weighted by Crippen LogP contribution is -2.41. The second kappa shape index (κ2) is 11.1. The van der Waals surface area contributed by atoms with E-state index in [1.54, 1.807) is 0 Å². The summed E-state index contributed by atoms with van der Waals surface area (Å²) in [6.45, 7) is 29.4. The molecule has 45 heavy (non-hydrogen) atoms. The Bertz CT molecular complexity index is 1260. The maximum absolute atomic E-state index is 12.1. The summed E-state index contributed by atoms with van der Waals surface area (Å²) in [5.41, 5.74) is 0.989. The highest BCUT2D eigenvalue weighted by Gasteiger charge is 2.67. The average Bonchev–Trinajstić information content (AvgIpc) is 3.52. The molecule has 9 nitrogen and oxygen atoms in total. The fourth-order valence-electron chi connectivity index (χ4n) is 6.99. The first-order valence-corrected chi connectivity index (χ1v) is 16.8. The number of amides is 2. The van der Waals surface area contributed by atoms with Crippen molar-refractivity contribution < 1.29 is 28.4 Å². The van der Waals surface area contributed by atoms with Crippen LogP contribution >= 0.6 is 0 Å². The molecule has 0 aromatic carbocycles. The number of nitrogens with zero attached hydrogens (tertiary/aromatic N) is 3. The van der Waals surface area contributed by atoms with Crippen molar-refractivity contribution in [1.29, 1.82) is 0 Å². The van der Waals surface area contributed by atoms with E-state index in [1.807, 2.05) is 51.3 Å². The van der Waals surface area contributed by atoms with Crippen molar-refractivity contribution in [2.75, 3.05) is 26.2 Å². The van der Waals surface area contributed by atoms with E-state index in [2.05, 4.69) is 66.7 Å². The van der Waals surface area contributed by atoms with Crippen molar-refractivity contribution in [2.24, 2.45) is 23.7 Å². The Hall–Kier alpha value is -2.33. The number of hydrogen-bond donors (Lipinski definition) is 0. The van der Waals surface area contributed by atoms with Gasteiger partial charge in [-0.3, -0.25) is 4.98 Å². The average molecular weight is 626 g/mol. The summed E-state index contributed by atoms with van der Waals surface area (Å²) < 4.78 is 23.2. The van der Waals surface area contributed by atoms with Gasteiger partial charge in [0, 0.05) is 54.7 Å². The van der Waals surface area contributed by atoms with Crippen LogP contribution in [0.25, 0.3) is 0 Å².